The minimum atomic E-state index is -3.73. The van der Waals surface area contributed by atoms with E-state index in [1.165, 1.54) is 0 Å². The summed E-state index contributed by atoms with van der Waals surface area (Å²) in [5.74, 6) is -0.155. The molecule has 8 heteroatoms. The molecule has 0 radical (unpaired) electrons. The summed E-state index contributed by atoms with van der Waals surface area (Å²) in [5.41, 5.74) is 0. The summed E-state index contributed by atoms with van der Waals surface area (Å²) in [5, 5.41) is 12.0. The lowest BCUT2D eigenvalue weighted by Crippen LogP contribution is -2.41. The van der Waals surface area contributed by atoms with Gasteiger partial charge in [-0.3, -0.25) is 0 Å². The van der Waals surface area contributed by atoms with Gasteiger partial charge in [0.05, 0.1) is 18.9 Å². The number of rotatable bonds is 8. The Kier molecular flexibility index (Phi) is 7.12. The van der Waals surface area contributed by atoms with Crippen LogP contribution in [0.5, 0.6) is 0 Å². The number of aliphatic hydroxyl groups is 1. The lowest BCUT2D eigenvalue weighted by molar-refractivity contribution is 0.113. The second kappa shape index (κ2) is 8.08. The smallest absolute Gasteiger partial charge is 0.252 e. The zero-order valence-corrected chi connectivity index (χ0v) is 11.7. The van der Waals surface area contributed by atoms with Crippen molar-refractivity contribution < 1.29 is 22.3 Å². The van der Waals surface area contributed by atoms with Crippen molar-refractivity contribution >= 4 is 10.0 Å². The molecule has 0 aromatic heterocycles. The van der Waals surface area contributed by atoms with Gasteiger partial charge in [0.25, 0.3) is 6.43 Å². The second-order valence-corrected chi connectivity index (χ2v) is 6.81. The predicted molar refractivity (Wildman–Crippen MR) is 68.7 cm³/mol. The largest absolute Gasteiger partial charge is 0.395 e. The molecule has 0 aromatic carbocycles. The Balaban J connectivity index is 2.50. The molecular weight excluding hydrogens is 278 g/mol. The molecule has 1 saturated heterocycles. The molecule has 114 valence electrons. The van der Waals surface area contributed by atoms with Crippen molar-refractivity contribution in [3.63, 3.8) is 0 Å². The maximum Gasteiger partial charge on any atom is 0.252 e. The van der Waals surface area contributed by atoms with Crippen molar-refractivity contribution in [3.8, 4) is 0 Å². The standard InChI is InChI=1S/C11H22F2N2O3S/c12-11(13)9-15(6-7-16)19(17,18)8-4-10-3-1-2-5-14-10/h10-11,14,16H,1-9H2. The third-order valence-electron chi connectivity index (χ3n) is 3.22. The monoisotopic (exact) mass is 300 g/mol. The molecule has 0 saturated carbocycles. The molecule has 0 bridgehead atoms. The Hall–Kier alpha value is -0.310. The molecule has 0 aliphatic carbocycles. The van der Waals surface area contributed by atoms with Gasteiger partial charge in [-0.25, -0.2) is 17.2 Å². The lowest BCUT2D eigenvalue weighted by atomic mass is 10.0. The van der Waals surface area contributed by atoms with Gasteiger partial charge in [0.15, 0.2) is 0 Å². The van der Waals surface area contributed by atoms with Crippen molar-refractivity contribution in [1.29, 1.82) is 0 Å². The number of sulfonamides is 1. The van der Waals surface area contributed by atoms with E-state index in [0.29, 0.717) is 10.7 Å². The minimum absolute atomic E-state index is 0.144. The van der Waals surface area contributed by atoms with Gasteiger partial charge in [0.2, 0.25) is 10.0 Å². The van der Waals surface area contributed by atoms with Crippen molar-refractivity contribution in [2.24, 2.45) is 0 Å². The van der Waals surface area contributed by atoms with E-state index in [-0.39, 0.29) is 18.3 Å². The number of nitrogens with zero attached hydrogens (tertiary/aromatic N) is 1. The summed E-state index contributed by atoms with van der Waals surface area (Å²) in [6, 6.07) is 0.144. The Labute approximate surface area is 113 Å². The number of hydrogen-bond acceptors (Lipinski definition) is 4. The van der Waals surface area contributed by atoms with Gasteiger partial charge < -0.3 is 10.4 Å². The van der Waals surface area contributed by atoms with E-state index in [2.05, 4.69) is 5.32 Å². The van der Waals surface area contributed by atoms with E-state index in [0.717, 1.165) is 25.8 Å². The Bertz CT molecular complexity index is 346. The van der Waals surface area contributed by atoms with Crippen LogP contribution in [0.2, 0.25) is 0 Å². The third-order valence-corrected chi connectivity index (χ3v) is 5.09. The van der Waals surface area contributed by atoms with E-state index in [1.54, 1.807) is 0 Å². The Morgan fingerprint density at radius 1 is 1.37 bits per heavy atom. The highest BCUT2D eigenvalue weighted by Gasteiger charge is 2.26. The topological polar surface area (TPSA) is 69.6 Å². The fraction of sp³-hybridized carbons (Fsp3) is 1.00. The molecule has 19 heavy (non-hydrogen) atoms. The van der Waals surface area contributed by atoms with Gasteiger partial charge in [-0.05, 0) is 25.8 Å². The first-order valence-electron chi connectivity index (χ1n) is 6.56. The molecule has 1 rings (SSSR count). The maximum absolute atomic E-state index is 12.3. The zero-order chi connectivity index (χ0) is 14.3. The van der Waals surface area contributed by atoms with Crippen molar-refractivity contribution in [2.75, 3.05) is 32.0 Å². The first kappa shape index (κ1) is 16.7. The van der Waals surface area contributed by atoms with Crippen LogP contribution in [0.4, 0.5) is 8.78 Å². The van der Waals surface area contributed by atoms with Gasteiger partial charge in [-0.15, -0.1) is 0 Å². The van der Waals surface area contributed by atoms with Crippen LogP contribution in [0.15, 0.2) is 0 Å². The van der Waals surface area contributed by atoms with Gasteiger partial charge in [0, 0.05) is 12.6 Å². The molecule has 5 nitrogen and oxygen atoms in total. The highest BCUT2D eigenvalue weighted by Crippen LogP contribution is 2.13. The van der Waals surface area contributed by atoms with Crippen LogP contribution in [-0.2, 0) is 10.0 Å². The van der Waals surface area contributed by atoms with E-state index < -0.39 is 29.6 Å². The van der Waals surface area contributed by atoms with E-state index >= 15 is 0 Å². The van der Waals surface area contributed by atoms with Crippen LogP contribution in [0.25, 0.3) is 0 Å². The van der Waals surface area contributed by atoms with Crippen molar-refractivity contribution in [3.05, 3.63) is 0 Å². The van der Waals surface area contributed by atoms with Crippen LogP contribution in [0.1, 0.15) is 25.7 Å². The van der Waals surface area contributed by atoms with E-state index in [9.17, 15) is 17.2 Å². The summed E-state index contributed by atoms with van der Waals surface area (Å²) < 4.78 is 49.3. The molecule has 1 aliphatic rings. The van der Waals surface area contributed by atoms with Crippen LogP contribution < -0.4 is 5.32 Å². The molecule has 1 unspecified atom stereocenters. The van der Waals surface area contributed by atoms with Gasteiger partial charge in [-0.1, -0.05) is 6.42 Å². The second-order valence-electron chi connectivity index (χ2n) is 4.72. The Morgan fingerprint density at radius 3 is 2.63 bits per heavy atom. The minimum Gasteiger partial charge on any atom is -0.395 e. The zero-order valence-electron chi connectivity index (χ0n) is 10.9. The number of hydrogen-bond donors (Lipinski definition) is 2. The van der Waals surface area contributed by atoms with Crippen LogP contribution >= 0.6 is 0 Å². The SMILES string of the molecule is O=S(=O)(CCC1CCCCN1)N(CCO)CC(F)F. The van der Waals surface area contributed by atoms with Crippen LogP contribution in [0, 0.1) is 0 Å². The van der Waals surface area contributed by atoms with E-state index in [1.807, 2.05) is 0 Å². The lowest BCUT2D eigenvalue weighted by Gasteiger charge is -2.25. The number of piperidine rings is 1. The quantitative estimate of drug-likeness (QED) is 0.681. The summed E-state index contributed by atoms with van der Waals surface area (Å²) in [6.07, 6.45) is 0.771. The molecule has 0 spiro atoms. The number of halogens is 2. The fourth-order valence-corrected chi connectivity index (χ4v) is 3.74. The molecular formula is C11H22F2N2O3S. The molecule has 2 N–H and O–H groups in total. The molecule has 0 aromatic rings. The van der Waals surface area contributed by atoms with Crippen LogP contribution in [-0.4, -0.2) is 62.3 Å². The first-order chi connectivity index (χ1) is 8.95. The van der Waals surface area contributed by atoms with Crippen LogP contribution in [0.3, 0.4) is 0 Å². The summed E-state index contributed by atoms with van der Waals surface area (Å²) in [4.78, 5) is 0. The van der Waals surface area contributed by atoms with Gasteiger partial charge >= 0.3 is 0 Å². The normalized spacial score (nSPS) is 21.2. The van der Waals surface area contributed by atoms with Gasteiger partial charge in [0.1, 0.15) is 0 Å². The van der Waals surface area contributed by atoms with E-state index in [4.69, 9.17) is 5.11 Å². The molecule has 1 atom stereocenters. The highest BCUT2D eigenvalue weighted by molar-refractivity contribution is 7.89. The number of alkyl halides is 2. The summed E-state index contributed by atoms with van der Waals surface area (Å²) in [6.45, 7) is -0.693. The third kappa shape index (κ3) is 6.11. The van der Waals surface area contributed by atoms with Crippen molar-refractivity contribution in [2.45, 2.75) is 38.2 Å². The average Bonchev–Trinajstić information content (AvgIpc) is 2.37. The first-order valence-corrected chi connectivity index (χ1v) is 8.17. The number of aliphatic hydroxyl groups excluding tert-OH is 1. The summed E-state index contributed by atoms with van der Waals surface area (Å²) >= 11 is 0. The summed E-state index contributed by atoms with van der Waals surface area (Å²) in [7, 11) is -3.73. The highest BCUT2D eigenvalue weighted by atomic mass is 32.2. The molecule has 0 amide bonds. The number of nitrogens with one attached hydrogen (secondary N) is 1. The molecule has 1 aliphatic heterocycles. The predicted octanol–water partition coefficient (Wildman–Crippen LogP) is 0.408. The fourth-order valence-electron chi connectivity index (χ4n) is 2.20. The maximum atomic E-state index is 12.3. The Morgan fingerprint density at radius 2 is 2.11 bits per heavy atom. The molecule has 1 heterocycles. The molecule has 1 fully saturated rings. The van der Waals surface area contributed by atoms with Crippen molar-refractivity contribution in [1.82, 2.24) is 9.62 Å². The average molecular weight is 300 g/mol. The van der Waals surface area contributed by atoms with Gasteiger partial charge in [-0.2, -0.15) is 4.31 Å².